The van der Waals surface area contributed by atoms with E-state index in [9.17, 15) is 14.0 Å². The van der Waals surface area contributed by atoms with Gasteiger partial charge in [0, 0.05) is 23.3 Å². The number of carbonyl (C=O) groups is 1. The lowest BCUT2D eigenvalue weighted by Crippen LogP contribution is -2.20. The first kappa shape index (κ1) is 13.8. The summed E-state index contributed by atoms with van der Waals surface area (Å²) in [6, 6.07) is 3.95. The van der Waals surface area contributed by atoms with Gasteiger partial charge in [0.15, 0.2) is 5.03 Å². The number of carboxylic acids is 1. The van der Waals surface area contributed by atoms with Gasteiger partial charge in [0.05, 0.1) is 5.56 Å². The van der Waals surface area contributed by atoms with Gasteiger partial charge in [-0.15, -0.1) is 0 Å². The van der Waals surface area contributed by atoms with E-state index in [1.807, 2.05) is 0 Å². The second kappa shape index (κ2) is 5.33. The zero-order valence-corrected chi connectivity index (χ0v) is 11.6. The van der Waals surface area contributed by atoms with Gasteiger partial charge in [-0.3, -0.25) is 4.79 Å². The van der Waals surface area contributed by atoms with Crippen molar-refractivity contribution in [3.63, 3.8) is 0 Å². The second-order valence-electron chi connectivity index (χ2n) is 4.72. The number of benzene rings is 1. The van der Waals surface area contributed by atoms with E-state index < -0.39 is 17.3 Å². The molecule has 108 valence electrons. The van der Waals surface area contributed by atoms with Crippen LogP contribution in [0.25, 0.3) is 0 Å². The molecule has 1 fully saturated rings. The van der Waals surface area contributed by atoms with Gasteiger partial charge in [-0.25, -0.2) is 14.2 Å². The number of hydrogen-bond donors (Lipinski definition) is 1. The first-order valence-electron chi connectivity index (χ1n) is 6.34. The molecule has 1 aromatic carbocycles. The normalized spacial score (nSPS) is 14.1. The molecule has 0 amide bonds. The number of carboxylic acid groups (broad SMARTS) is 1. The Morgan fingerprint density at radius 1 is 1.43 bits per heavy atom. The molecule has 1 saturated carbocycles. The van der Waals surface area contributed by atoms with Crippen molar-refractivity contribution in [2.24, 2.45) is 0 Å². The number of aromatic nitrogens is 2. The molecule has 3 rings (SSSR count). The average Bonchev–Trinajstić information content (AvgIpc) is 3.27. The molecule has 1 N–H and O–H groups in total. The SMILES string of the molecule is O=C(O)c1cc(Sc2nccn(C3CC3)c2=O)ccc1F. The molecule has 0 unspecified atom stereocenters. The summed E-state index contributed by atoms with van der Waals surface area (Å²) in [6.45, 7) is 0. The molecular weight excluding hydrogens is 295 g/mol. The summed E-state index contributed by atoms with van der Waals surface area (Å²) in [5.74, 6) is -2.14. The molecule has 0 atom stereocenters. The van der Waals surface area contributed by atoms with E-state index in [4.69, 9.17) is 5.11 Å². The van der Waals surface area contributed by atoms with Crippen molar-refractivity contribution in [1.82, 2.24) is 9.55 Å². The van der Waals surface area contributed by atoms with Gasteiger partial charge >= 0.3 is 5.97 Å². The van der Waals surface area contributed by atoms with Crippen molar-refractivity contribution < 1.29 is 14.3 Å². The quantitative estimate of drug-likeness (QED) is 0.940. The Morgan fingerprint density at radius 2 is 2.19 bits per heavy atom. The molecule has 7 heteroatoms. The van der Waals surface area contributed by atoms with Crippen LogP contribution in [0.5, 0.6) is 0 Å². The fourth-order valence-corrected chi connectivity index (χ4v) is 2.80. The number of aromatic carboxylic acids is 1. The minimum absolute atomic E-state index is 0.203. The van der Waals surface area contributed by atoms with Gasteiger partial charge in [0.1, 0.15) is 5.82 Å². The monoisotopic (exact) mass is 306 g/mol. The Kier molecular flexibility index (Phi) is 3.50. The van der Waals surface area contributed by atoms with Crippen LogP contribution in [0.15, 0.2) is 45.3 Å². The summed E-state index contributed by atoms with van der Waals surface area (Å²) >= 11 is 1.04. The van der Waals surface area contributed by atoms with E-state index in [2.05, 4.69) is 4.98 Å². The minimum Gasteiger partial charge on any atom is -0.478 e. The fourth-order valence-electron chi connectivity index (χ4n) is 1.96. The standard InChI is InChI=1S/C14H11FN2O3S/c15-11-4-3-9(7-10(11)14(19)20)21-12-13(18)17(6-5-16-12)8-1-2-8/h3-8H,1-2H2,(H,19,20). The highest BCUT2D eigenvalue weighted by Gasteiger charge is 2.25. The molecule has 1 aliphatic rings. The molecule has 21 heavy (non-hydrogen) atoms. The highest BCUT2D eigenvalue weighted by molar-refractivity contribution is 7.99. The first-order valence-corrected chi connectivity index (χ1v) is 7.16. The van der Waals surface area contributed by atoms with Gasteiger partial charge in [0.2, 0.25) is 0 Å². The van der Waals surface area contributed by atoms with Gasteiger partial charge in [0.25, 0.3) is 5.56 Å². The largest absolute Gasteiger partial charge is 0.478 e. The Balaban J connectivity index is 1.94. The molecule has 1 heterocycles. The molecule has 0 spiro atoms. The molecule has 0 bridgehead atoms. The molecule has 0 saturated heterocycles. The van der Waals surface area contributed by atoms with E-state index in [0.717, 1.165) is 30.7 Å². The van der Waals surface area contributed by atoms with Gasteiger partial charge in [-0.2, -0.15) is 0 Å². The topological polar surface area (TPSA) is 72.2 Å². The third kappa shape index (κ3) is 2.82. The van der Waals surface area contributed by atoms with Crippen molar-refractivity contribution >= 4 is 17.7 Å². The van der Waals surface area contributed by atoms with Crippen molar-refractivity contribution in [2.45, 2.75) is 28.8 Å². The Morgan fingerprint density at radius 3 is 2.86 bits per heavy atom. The summed E-state index contributed by atoms with van der Waals surface area (Å²) < 4.78 is 15.0. The molecule has 2 aromatic rings. The lowest BCUT2D eigenvalue weighted by molar-refractivity contribution is 0.0691. The van der Waals surface area contributed by atoms with Crippen LogP contribution in [0.2, 0.25) is 0 Å². The molecular formula is C14H11FN2O3S. The van der Waals surface area contributed by atoms with Crippen molar-refractivity contribution in [1.29, 1.82) is 0 Å². The van der Waals surface area contributed by atoms with E-state index >= 15 is 0 Å². The Bertz CT molecular complexity index is 771. The first-order chi connectivity index (χ1) is 10.1. The smallest absolute Gasteiger partial charge is 0.338 e. The lowest BCUT2D eigenvalue weighted by Gasteiger charge is -2.06. The third-order valence-electron chi connectivity index (χ3n) is 3.16. The Labute approximate surface area is 123 Å². The average molecular weight is 306 g/mol. The van der Waals surface area contributed by atoms with Crippen LogP contribution in [0, 0.1) is 5.82 Å². The van der Waals surface area contributed by atoms with E-state index in [1.54, 1.807) is 17.0 Å². The number of halogens is 1. The maximum atomic E-state index is 13.3. The third-order valence-corrected chi connectivity index (χ3v) is 4.12. The van der Waals surface area contributed by atoms with Crippen LogP contribution in [-0.4, -0.2) is 20.6 Å². The maximum Gasteiger partial charge on any atom is 0.338 e. The molecule has 0 radical (unpaired) electrons. The van der Waals surface area contributed by atoms with Crippen LogP contribution >= 0.6 is 11.8 Å². The second-order valence-corrected chi connectivity index (χ2v) is 5.79. The van der Waals surface area contributed by atoms with E-state index in [1.165, 1.54) is 12.1 Å². The highest BCUT2D eigenvalue weighted by Crippen LogP contribution is 2.34. The van der Waals surface area contributed by atoms with Crippen LogP contribution in [0.4, 0.5) is 4.39 Å². The molecule has 1 aromatic heterocycles. The summed E-state index contributed by atoms with van der Waals surface area (Å²) in [4.78, 5) is 27.6. The Hall–Kier alpha value is -2.15. The van der Waals surface area contributed by atoms with E-state index in [0.29, 0.717) is 4.90 Å². The predicted octanol–water partition coefficient (Wildman–Crippen LogP) is 2.57. The molecule has 5 nitrogen and oxygen atoms in total. The lowest BCUT2D eigenvalue weighted by atomic mass is 10.2. The van der Waals surface area contributed by atoms with Gasteiger partial charge in [-0.05, 0) is 31.0 Å². The fraction of sp³-hybridized carbons (Fsp3) is 0.214. The number of rotatable bonds is 4. The van der Waals surface area contributed by atoms with Gasteiger partial charge in [-0.1, -0.05) is 11.8 Å². The summed E-state index contributed by atoms with van der Waals surface area (Å²) in [6.07, 6.45) is 5.16. The van der Waals surface area contributed by atoms with Crippen LogP contribution in [0.3, 0.4) is 0 Å². The number of nitrogens with zero attached hydrogens (tertiary/aromatic N) is 2. The van der Waals surface area contributed by atoms with Crippen LogP contribution in [-0.2, 0) is 0 Å². The maximum absolute atomic E-state index is 13.3. The van der Waals surface area contributed by atoms with Crippen LogP contribution in [0.1, 0.15) is 29.2 Å². The van der Waals surface area contributed by atoms with Crippen molar-refractivity contribution in [3.05, 3.63) is 52.3 Å². The van der Waals surface area contributed by atoms with Crippen LogP contribution < -0.4 is 5.56 Å². The zero-order valence-electron chi connectivity index (χ0n) is 10.8. The van der Waals surface area contributed by atoms with Crippen molar-refractivity contribution in [3.8, 4) is 0 Å². The highest BCUT2D eigenvalue weighted by atomic mass is 32.2. The van der Waals surface area contributed by atoms with Crippen molar-refractivity contribution in [2.75, 3.05) is 0 Å². The summed E-state index contributed by atoms with van der Waals surface area (Å²) in [5.41, 5.74) is -0.621. The van der Waals surface area contributed by atoms with E-state index in [-0.39, 0.29) is 16.6 Å². The van der Waals surface area contributed by atoms with Gasteiger partial charge < -0.3 is 9.67 Å². The summed E-state index contributed by atoms with van der Waals surface area (Å²) in [5, 5.41) is 9.16. The molecule has 1 aliphatic carbocycles. The molecule has 0 aliphatic heterocycles. The predicted molar refractivity (Wildman–Crippen MR) is 74.3 cm³/mol. The summed E-state index contributed by atoms with van der Waals surface area (Å²) in [7, 11) is 0. The number of hydrogen-bond acceptors (Lipinski definition) is 4. The minimum atomic E-state index is -1.34. The zero-order chi connectivity index (χ0) is 15.0.